The smallest absolute Gasteiger partial charge is 0.0897 e. The lowest BCUT2D eigenvalue weighted by atomic mass is 10.2. The Kier molecular flexibility index (Phi) is 4.63. The number of piperazine rings is 1. The van der Waals surface area contributed by atoms with Gasteiger partial charge in [-0.1, -0.05) is 6.07 Å². The zero-order chi connectivity index (χ0) is 14.7. The van der Waals surface area contributed by atoms with Crippen LogP contribution in [0.15, 0.2) is 23.8 Å². The number of pyridine rings is 1. The Balaban J connectivity index is 1.48. The summed E-state index contributed by atoms with van der Waals surface area (Å²) in [6, 6.07) is 2.23. The summed E-state index contributed by atoms with van der Waals surface area (Å²) >= 11 is 1.74. The Morgan fingerprint density at radius 2 is 1.76 bits per heavy atom. The van der Waals surface area contributed by atoms with Crippen LogP contribution < -0.4 is 0 Å². The minimum Gasteiger partial charge on any atom is -0.296 e. The van der Waals surface area contributed by atoms with Crippen LogP contribution >= 0.6 is 11.3 Å². The number of thiazole rings is 1. The highest BCUT2D eigenvalue weighted by Crippen LogP contribution is 2.13. The van der Waals surface area contributed by atoms with Crippen LogP contribution in [-0.4, -0.2) is 45.9 Å². The molecule has 0 saturated carbocycles. The largest absolute Gasteiger partial charge is 0.296 e. The Hall–Kier alpha value is -1.30. The van der Waals surface area contributed by atoms with Crippen molar-refractivity contribution in [3.05, 3.63) is 45.7 Å². The standard InChI is InChI=1S/C16H22N4S/c1-13-7-15(9-17-8-13)10-19-3-5-20(6-4-19)11-16-12-21-14(2)18-16/h7-9,12H,3-6,10-11H2,1-2H3. The fourth-order valence-corrected chi connectivity index (χ4v) is 3.38. The Morgan fingerprint density at radius 3 is 2.38 bits per heavy atom. The average Bonchev–Trinajstić information content (AvgIpc) is 2.86. The molecule has 0 bridgehead atoms. The van der Waals surface area contributed by atoms with E-state index in [4.69, 9.17) is 0 Å². The van der Waals surface area contributed by atoms with E-state index in [0.717, 1.165) is 44.3 Å². The molecule has 112 valence electrons. The SMILES string of the molecule is Cc1cncc(CN2CCN(Cc3csc(C)n3)CC2)c1. The Morgan fingerprint density at radius 1 is 1.05 bits per heavy atom. The minimum absolute atomic E-state index is 0.990. The number of nitrogens with zero attached hydrogens (tertiary/aromatic N) is 4. The molecule has 0 N–H and O–H groups in total. The maximum atomic E-state index is 4.56. The summed E-state index contributed by atoms with van der Waals surface area (Å²) in [7, 11) is 0. The van der Waals surface area contributed by atoms with Crippen LogP contribution in [-0.2, 0) is 13.1 Å². The van der Waals surface area contributed by atoms with E-state index in [1.807, 2.05) is 12.4 Å². The molecule has 0 radical (unpaired) electrons. The van der Waals surface area contributed by atoms with Crippen LogP contribution in [0.5, 0.6) is 0 Å². The van der Waals surface area contributed by atoms with Crippen molar-refractivity contribution in [3.63, 3.8) is 0 Å². The van der Waals surface area contributed by atoms with Crippen LogP contribution in [0.25, 0.3) is 0 Å². The van der Waals surface area contributed by atoms with E-state index in [-0.39, 0.29) is 0 Å². The molecule has 0 spiro atoms. The van der Waals surface area contributed by atoms with E-state index in [1.54, 1.807) is 11.3 Å². The molecule has 2 aromatic heterocycles. The van der Waals surface area contributed by atoms with Crippen LogP contribution in [0, 0.1) is 13.8 Å². The van der Waals surface area contributed by atoms with Gasteiger partial charge < -0.3 is 0 Å². The van der Waals surface area contributed by atoms with Gasteiger partial charge in [-0.05, 0) is 25.0 Å². The molecule has 2 aromatic rings. The molecular formula is C16H22N4S. The molecule has 1 aliphatic rings. The zero-order valence-corrected chi connectivity index (χ0v) is 13.6. The molecule has 0 aliphatic carbocycles. The lowest BCUT2D eigenvalue weighted by molar-refractivity contribution is 0.121. The fraction of sp³-hybridized carbons (Fsp3) is 0.500. The summed E-state index contributed by atoms with van der Waals surface area (Å²) in [5, 5.41) is 3.34. The van der Waals surface area contributed by atoms with Crippen molar-refractivity contribution in [2.75, 3.05) is 26.2 Å². The fourth-order valence-electron chi connectivity index (χ4n) is 2.78. The van der Waals surface area contributed by atoms with Gasteiger partial charge in [0, 0.05) is 57.0 Å². The maximum absolute atomic E-state index is 4.56. The average molecular weight is 302 g/mol. The summed E-state index contributed by atoms with van der Waals surface area (Å²) in [6.07, 6.45) is 3.90. The van der Waals surface area contributed by atoms with Crippen molar-refractivity contribution in [1.82, 2.24) is 19.8 Å². The monoisotopic (exact) mass is 302 g/mol. The van der Waals surface area contributed by atoms with Gasteiger partial charge in [0.15, 0.2) is 0 Å². The third-order valence-corrected chi connectivity index (χ3v) is 4.68. The number of hydrogen-bond acceptors (Lipinski definition) is 5. The van der Waals surface area contributed by atoms with Gasteiger partial charge in [0.1, 0.15) is 0 Å². The van der Waals surface area contributed by atoms with Gasteiger partial charge in [0.05, 0.1) is 10.7 Å². The number of hydrogen-bond donors (Lipinski definition) is 0. The third kappa shape index (κ3) is 4.09. The van der Waals surface area contributed by atoms with Crippen molar-refractivity contribution in [1.29, 1.82) is 0 Å². The molecule has 0 unspecified atom stereocenters. The van der Waals surface area contributed by atoms with E-state index >= 15 is 0 Å². The third-order valence-electron chi connectivity index (χ3n) is 3.85. The first kappa shape index (κ1) is 14.6. The van der Waals surface area contributed by atoms with E-state index in [1.165, 1.54) is 16.8 Å². The van der Waals surface area contributed by atoms with Gasteiger partial charge in [-0.25, -0.2) is 4.98 Å². The van der Waals surface area contributed by atoms with E-state index < -0.39 is 0 Å². The lowest BCUT2D eigenvalue weighted by Crippen LogP contribution is -2.45. The first-order valence-corrected chi connectivity index (χ1v) is 8.33. The summed E-state index contributed by atoms with van der Waals surface area (Å²) in [4.78, 5) is 13.8. The molecule has 3 rings (SSSR count). The molecule has 0 atom stereocenters. The van der Waals surface area contributed by atoms with Crippen molar-refractivity contribution >= 4 is 11.3 Å². The van der Waals surface area contributed by atoms with E-state index in [2.05, 4.69) is 45.1 Å². The molecule has 1 fully saturated rings. The van der Waals surface area contributed by atoms with Gasteiger partial charge in [-0.2, -0.15) is 0 Å². The molecule has 1 saturated heterocycles. The second kappa shape index (κ2) is 6.64. The molecule has 5 heteroatoms. The first-order chi connectivity index (χ1) is 10.2. The minimum atomic E-state index is 0.990. The van der Waals surface area contributed by atoms with Gasteiger partial charge in [-0.3, -0.25) is 14.8 Å². The number of aromatic nitrogens is 2. The van der Waals surface area contributed by atoms with Gasteiger partial charge >= 0.3 is 0 Å². The lowest BCUT2D eigenvalue weighted by Gasteiger charge is -2.34. The van der Waals surface area contributed by atoms with E-state index in [0.29, 0.717) is 0 Å². The zero-order valence-electron chi connectivity index (χ0n) is 12.7. The van der Waals surface area contributed by atoms with Crippen LogP contribution in [0.2, 0.25) is 0 Å². The van der Waals surface area contributed by atoms with Crippen molar-refractivity contribution in [2.45, 2.75) is 26.9 Å². The van der Waals surface area contributed by atoms with Crippen molar-refractivity contribution < 1.29 is 0 Å². The Bertz CT molecular complexity index is 587. The normalized spacial score (nSPS) is 17.2. The highest BCUT2D eigenvalue weighted by atomic mass is 32.1. The molecule has 1 aliphatic heterocycles. The summed E-state index contributed by atoms with van der Waals surface area (Å²) in [5.74, 6) is 0. The summed E-state index contributed by atoms with van der Waals surface area (Å²) in [6.45, 7) is 10.7. The molecule has 4 nitrogen and oxygen atoms in total. The van der Waals surface area contributed by atoms with Crippen LogP contribution in [0.1, 0.15) is 21.8 Å². The van der Waals surface area contributed by atoms with Gasteiger partial charge in [0.2, 0.25) is 0 Å². The molecule has 21 heavy (non-hydrogen) atoms. The van der Waals surface area contributed by atoms with Crippen molar-refractivity contribution in [3.8, 4) is 0 Å². The predicted molar refractivity (Wildman–Crippen MR) is 86.4 cm³/mol. The number of aryl methyl sites for hydroxylation is 2. The van der Waals surface area contributed by atoms with E-state index in [9.17, 15) is 0 Å². The topological polar surface area (TPSA) is 32.3 Å². The molecule has 0 amide bonds. The number of rotatable bonds is 4. The summed E-state index contributed by atoms with van der Waals surface area (Å²) < 4.78 is 0. The quantitative estimate of drug-likeness (QED) is 0.868. The maximum Gasteiger partial charge on any atom is 0.0897 e. The second-order valence-electron chi connectivity index (χ2n) is 5.78. The molecular weight excluding hydrogens is 280 g/mol. The Labute approximate surface area is 130 Å². The van der Waals surface area contributed by atoms with Gasteiger partial charge in [0.25, 0.3) is 0 Å². The first-order valence-electron chi connectivity index (χ1n) is 7.45. The predicted octanol–water partition coefficient (Wildman–Crippen LogP) is 2.47. The highest BCUT2D eigenvalue weighted by molar-refractivity contribution is 7.09. The van der Waals surface area contributed by atoms with Gasteiger partial charge in [-0.15, -0.1) is 11.3 Å². The molecule has 3 heterocycles. The molecule has 0 aromatic carbocycles. The van der Waals surface area contributed by atoms with Crippen LogP contribution in [0.4, 0.5) is 0 Å². The second-order valence-corrected chi connectivity index (χ2v) is 6.84. The van der Waals surface area contributed by atoms with Crippen LogP contribution in [0.3, 0.4) is 0 Å². The summed E-state index contributed by atoms with van der Waals surface area (Å²) in [5.41, 5.74) is 3.78. The van der Waals surface area contributed by atoms with Crippen molar-refractivity contribution in [2.24, 2.45) is 0 Å². The highest BCUT2D eigenvalue weighted by Gasteiger charge is 2.17.